The maximum Gasteiger partial charge on any atom is 0.189 e. The molecule has 0 spiro atoms. The molecule has 2 aromatic heterocycles. The van der Waals surface area contributed by atoms with E-state index in [2.05, 4.69) is 44.5 Å². The van der Waals surface area contributed by atoms with Gasteiger partial charge < -0.3 is 9.47 Å². The fourth-order valence-corrected chi connectivity index (χ4v) is 3.43. The Kier molecular flexibility index (Phi) is 4.66. The molecule has 3 heterocycles. The van der Waals surface area contributed by atoms with Gasteiger partial charge in [0.2, 0.25) is 0 Å². The first kappa shape index (κ1) is 15.3. The summed E-state index contributed by atoms with van der Waals surface area (Å²) in [4.78, 5) is 15.9. The molecule has 1 aliphatic rings. The van der Waals surface area contributed by atoms with Crippen LogP contribution in [-0.4, -0.2) is 38.9 Å². The number of nitrogens with zero attached hydrogens (tertiary/aromatic N) is 5. The average Bonchev–Trinajstić information content (AvgIpc) is 3.05. The number of piperidine rings is 1. The molecule has 0 radical (unpaired) electrons. The lowest BCUT2D eigenvalue weighted by molar-refractivity contribution is 0.453. The Morgan fingerprint density at radius 1 is 1.27 bits per heavy atom. The Morgan fingerprint density at radius 2 is 2.14 bits per heavy atom. The lowest BCUT2D eigenvalue weighted by Crippen LogP contribution is -2.36. The second-order valence-corrected chi connectivity index (χ2v) is 6.75. The molecular weight excluding hydrogens is 294 g/mol. The molecule has 0 aromatic carbocycles. The molecule has 3 rings (SSSR count). The Labute approximate surface area is 136 Å². The summed E-state index contributed by atoms with van der Waals surface area (Å²) in [6.07, 6.45) is 10.2. The molecule has 0 N–H and O–H groups in total. The molecule has 1 atom stereocenters. The summed E-state index contributed by atoms with van der Waals surface area (Å²) >= 11 is 1.59. The van der Waals surface area contributed by atoms with E-state index in [0.717, 1.165) is 24.1 Å². The molecule has 0 aliphatic carbocycles. The lowest BCUT2D eigenvalue weighted by Gasteiger charge is -2.33. The molecule has 1 fully saturated rings. The van der Waals surface area contributed by atoms with E-state index in [1.165, 1.54) is 18.7 Å². The van der Waals surface area contributed by atoms with Crippen LogP contribution in [0.5, 0.6) is 0 Å². The van der Waals surface area contributed by atoms with Crippen molar-refractivity contribution >= 4 is 17.6 Å². The molecule has 22 heavy (non-hydrogen) atoms. The van der Waals surface area contributed by atoms with Crippen molar-refractivity contribution in [2.45, 2.75) is 43.8 Å². The summed E-state index contributed by atoms with van der Waals surface area (Å²) in [5, 5.41) is 0.836. The number of rotatable bonds is 4. The van der Waals surface area contributed by atoms with Crippen LogP contribution >= 0.6 is 11.8 Å². The molecule has 0 amide bonds. The normalized spacial score (nSPS) is 18.9. The topological polar surface area (TPSA) is 46.8 Å². The van der Waals surface area contributed by atoms with Crippen LogP contribution < -0.4 is 4.90 Å². The summed E-state index contributed by atoms with van der Waals surface area (Å²) in [7, 11) is 0. The standard InChI is InChI=1S/C16H23N5S/c1-12(2)21-10-8-17-15(21)13-5-4-9-20(11-13)14-6-7-18-16(19-14)22-3/h6-8,10,12-13H,4-5,9,11H2,1-3H3/t13-/m0/s1. The monoisotopic (exact) mass is 317 g/mol. The maximum absolute atomic E-state index is 4.64. The van der Waals surface area contributed by atoms with E-state index >= 15 is 0 Å². The number of aromatic nitrogens is 4. The number of imidazole rings is 1. The first-order valence-corrected chi connectivity index (χ1v) is 9.06. The van der Waals surface area contributed by atoms with E-state index in [1.54, 1.807) is 11.8 Å². The second kappa shape index (κ2) is 6.69. The fraction of sp³-hybridized carbons (Fsp3) is 0.562. The molecule has 0 saturated carbocycles. The van der Waals surface area contributed by atoms with Gasteiger partial charge in [0.1, 0.15) is 11.6 Å². The van der Waals surface area contributed by atoms with E-state index < -0.39 is 0 Å². The molecule has 118 valence electrons. The van der Waals surface area contributed by atoms with Crippen molar-refractivity contribution in [1.82, 2.24) is 19.5 Å². The van der Waals surface area contributed by atoms with Crippen LogP contribution in [0.15, 0.2) is 29.8 Å². The van der Waals surface area contributed by atoms with Crippen molar-refractivity contribution in [3.05, 3.63) is 30.5 Å². The number of hydrogen-bond acceptors (Lipinski definition) is 5. The predicted molar refractivity (Wildman–Crippen MR) is 90.6 cm³/mol. The Morgan fingerprint density at radius 3 is 2.91 bits per heavy atom. The van der Waals surface area contributed by atoms with Crippen LogP contribution in [0.25, 0.3) is 0 Å². The van der Waals surface area contributed by atoms with Gasteiger partial charge in [-0.3, -0.25) is 0 Å². The van der Waals surface area contributed by atoms with Crippen molar-refractivity contribution in [1.29, 1.82) is 0 Å². The van der Waals surface area contributed by atoms with E-state index in [0.29, 0.717) is 12.0 Å². The smallest absolute Gasteiger partial charge is 0.189 e. The van der Waals surface area contributed by atoms with Gasteiger partial charge in [-0.1, -0.05) is 11.8 Å². The van der Waals surface area contributed by atoms with Crippen molar-refractivity contribution in [3.63, 3.8) is 0 Å². The highest BCUT2D eigenvalue weighted by atomic mass is 32.2. The van der Waals surface area contributed by atoms with Gasteiger partial charge in [0.25, 0.3) is 0 Å². The summed E-state index contributed by atoms with van der Waals surface area (Å²) in [6, 6.07) is 2.46. The van der Waals surface area contributed by atoms with Crippen LogP contribution in [0, 0.1) is 0 Å². The minimum absolute atomic E-state index is 0.454. The quantitative estimate of drug-likeness (QED) is 0.639. The molecule has 1 saturated heterocycles. The van der Waals surface area contributed by atoms with Gasteiger partial charge in [-0.15, -0.1) is 0 Å². The third-order valence-corrected chi connectivity index (χ3v) is 4.73. The van der Waals surface area contributed by atoms with Crippen molar-refractivity contribution in [2.75, 3.05) is 24.2 Å². The van der Waals surface area contributed by atoms with Crippen LogP contribution in [0.4, 0.5) is 5.82 Å². The second-order valence-electron chi connectivity index (χ2n) is 5.97. The summed E-state index contributed by atoms with van der Waals surface area (Å²) in [5.41, 5.74) is 0. The third-order valence-electron chi connectivity index (χ3n) is 4.17. The minimum atomic E-state index is 0.454. The van der Waals surface area contributed by atoms with Gasteiger partial charge in [-0.05, 0) is 39.0 Å². The van der Waals surface area contributed by atoms with E-state index in [-0.39, 0.29) is 0 Å². The third kappa shape index (κ3) is 3.11. The van der Waals surface area contributed by atoms with Crippen LogP contribution in [-0.2, 0) is 0 Å². The highest BCUT2D eigenvalue weighted by Gasteiger charge is 2.26. The summed E-state index contributed by atoms with van der Waals surface area (Å²) in [6.45, 7) is 6.46. The van der Waals surface area contributed by atoms with Gasteiger partial charge in [0, 0.05) is 43.6 Å². The summed E-state index contributed by atoms with van der Waals surface area (Å²) < 4.78 is 2.29. The van der Waals surface area contributed by atoms with Gasteiger partial charge >= 0.3 is 0 Å². The van der Waals surface area contributed by atoms with Crippen molar-refractivity contribution in [3.8, 4) is 0 Å². The zero-order valence-corrected chi connectivity index (χ0v) is 14.3. The Bertz CT molecular complexity index is 625. The largest absolute Gasteiger partial charge is 0.356 e. The SMILES string of the molecule is CSc1nccc(N2CCC[C@H](c3nccn3C(C)C)C2)n1. The maximum atomic E-state index is 4.64. The van der Waals surface area contributed by atoms with E-state index in [4.69, 9.17) is 0 Å². The average molecular weight is 317 g/mol. The van der Waals surface area contributed by atoms with E-state index in [9.17, 15) is 0 Å². The van der Waals surface area contributed by atoms with Gasteiger partial charge in [0.05, 0.1) is 0 Å². The molecule has 5 nitrogen and oxygen atoms in total. The molecule has 2 aromatic rings. The minimum Gasteiger partial charge on any atom is -0.356 e. The highest BCUT2D eigenvalue weighted by molar-refractivity contribution is 7.98. The first-order valence-electron chi connectivity index (χ1n) is 7.83. The lowest BCUT2D eigenvalue weighted by atomic mass is 9.97. The molecule has 0 unspecified atom stereocenters. The predicted octanol–water partition coefficient (Wildman–Crippen LogP) is 3.36. The molecule has 0 bridgehead atoms. The molecule has 1 aliphatic heterocycles. The van der Waals surface area contributed by atoms with Crippen molar-refractivity contribution < 1.29 is 0 Å². The Balaban J connectivity index is 1.80. The van der Waals surface area contributed by atoms with Crippen LogP contribution in [0.1, 0.15) is 44.5 Å². The van der Waals surface area contributed by atoms with Crippen LogP contribution in [0.3, 0.4) is 0 Å². The molecular formula is C16H23N5S. The zero-order valence-electron chi connectivity index (χ0n) is 13.4. The Hall–Kier alpha value is -1.56. The number of thioether (sulfide) groups is 1. The number of anilines is 1. The van der Waals surface area contributed by atoms with Crippen molar-refractivity contribution in [2.24, 2.45) is 0 Å². The summed E-state index contributed by atoms with van der Waals surface area (Å²) in [5.74, 6) is 2.71. The van der Waals surface area contributed by atoms with Crippen LogP contribution in [0.2, 0.25) is 0 Å². The fourth-order valence-electron chi connectivity index (χ4n) is 3.08. The van der Waals surface area contributed by atoms with Gasteiger partial charge in [0.15, 0.2) is 5.16 Å². The number of hydrogen-bond donors (Lipinski definition) is 0. The van der Waals surface area contributed by atoms with Gasteiger partial charge in [-0.2, -0.15) is 0 Å². The zero-order chi connectivity index (χ0) is 15.5. The molecule has 6 heteroatoms. The first-order chi connectivity index (χ1) is 10.7. The van der Waals surface area contributed by atoms with E-state index in [1.807, 2.05) is 24.7 Å². The van der Waals surface area contributed by atoms with Gasteiger partial charge in [-0.25, -0.2) is 15.0 Å². The highest BCUT2D eigenvalue weighted by Crippen LogP contribution is 2.29.